The summed E-state index contributed by atoms with van der Waals surface area (Å²) < 4.78 is 2.06. The number of amides is 2. The van der Waals surface area contributed by atoms with E-state index in [0.717, 1.165) is 50.0 Å². The molecule has 2 amide bonds. The SMILES string of the molecule is O=C(NCCCn1ccnc1-c1ccccc1)C(=O)NC1CCCC1. The lowest BCUT2D eigenvalue weighted by Crippen LogP contribution is -2.44. The van der Waals surface area contributed by atoms with Crippen LogP contribution in [0.2, 0.25) is 0 Å². The first-order valence-electron chi connectivity index (χ1n) is 8.89. The molecule has 0 bridgehead atoms. The molecule has 0 spiro atoms. The molecule has 1 heterocycles. The Morgan fingerprint density at radius 3 is 2.64 bits per heavy atom. The van der Waals surface area contributed by atoms with Crippen molar-refractivity contribution in [3.63, 3.8) is 0 Å². The number of benzene rings is 1. The topological polar surface area (TPSA) is 76.0 Å². The van der Waals surface area contributed by atoms with Gasteiger partial charge in [0.25, 0.3) is 0 Å². The molecule has 1 fully saturated rings. The van der Waals surface area contributed by atoms with Gasteiger partial charge in [0.05, 0.1) is 0 Å². The van der Waals surface area contributed by atoms with E-state index in [1.54, 1.807) is 6.20 Å². The molecule has 1 saturated carbocycles. The third-order valence-corrected chi connectivity index (χ3v) is 4.51. The van der Waals surface area contributed by atoms with Crippen molar-refractivity contribution in [1.29, 1.82) is 0 Å². The number of nitrogens with zero attached hydrogens (tertiary/aromatic N) is 2. The van der Waals surface area contributed by atoms with Crippen molar-refractivity contribution in [3.05, 3.63) is 42.7 Å². The lowest BCUT2D eigenvalue weighted by atomic mass is 10.2. The van der Waals surface area contributed by atoms with Gasteiger partial charge in [-0.25, -0.2) is 4.98 Å². The van der Waals surface area contributed by atoms with E-state index in [4.69, 9.17) is 0 Å². The highest BCUT2D eigenvalue weighted by Gasteiger charge is 2.20. The monoisotopic (exact) mass is 340 g/mol. The van der Waals surface area contributed by atoms with E-state index >= 15 is 0 Å². The zero-order valence-electron chi connectivity index (χ0n) is 14.3. The average molecular weight is 340 g/mol. The zero-order chi connectivity index (χ0) is 17.5. The number of hydrogen-bond acceptors (Lipinski definition) is 3. The summed E-state index contributed by atoms with van der Waals surface area (Å²) in [5.74, 6) is -0.147. The highest BCUT2D eigenvalue weighted by Crippen LogP contribution is 2.18. The second kappa shape index (κ2) is 8.46. The van der Waals surface area contributed by atoms with Crippen LogP contribution >= 0.6 is 0 Å². The van der Waals surface area contributed by atoms with Crippen LogP contribution in [-0.2, 0) is 16.1 Å². The Morgan fingerprint density at radius 1 is 1.12 bits per heavy atom. The third kappa shape index (κ3) is 4.68. The number of hydrogen-bond donors (Lipinski definition) is 2. The number of carbonyl (C=O) groups excluding carboxylic acids is 2. The lowest BCUT2D eigenvalue weighted by molar-refractivity contribution is -0.139. The summed E-state index contributed by atoms with van der Waals surface area (Å²) in [5.41, 5.74) is 1.06. The normalized spacial score (nSPS) is 14.4. The highest BCUT2D eigenvalue weighted by molar-refractivity contribution is 6.35. The summed E-state index contributed by atoms with van der Waals surface area (Å²) in [6, 6.07) is 10.2. The highest BCUT2D eigenvalue weighted by atomic mass is 16.2. The number of carbonyl (C=O) groups is 2. The second-order valence-corrected chi connectivity index (χ2v) is 6.37. The average Bonchev–Trinajstić information content (AvgIpc) is 3.31. The summed E-state index contributed by atoms with van der Waals surface area (Å²) in [5, 5.41) is 5.49. The number of aryl methyl sites for hydroxylation is 1. The van der Waals surface area contributed by atoms with Gasteiger partial charge in [0.15, 0.2) is 0 Å². The Bertz CT molecular complexity index is 705. The van der Waals surface area contributed by atoms with Crippen molar-refractivity contribution in [1.82, 2.24) is 20.2 Å². The molecule has 1 aliphatic rings. The molecule has 1 aromatic heterocycles. The van der Waals surface area contributed by atoms with Crippen molar-refractivity contribution < 1.29 is 9.59 Å². The van der Waals surface area contributed by atoms with Crippen LogP contribution in [0.5, 0.6) is 0 Å². The van der Waals surface area contributed by atoms with Gasteiger partial charge in [-0.15, -0.1) is 0 Å². The number of imidazole rings is 1. The van der Waals surface area contributed by atoms with E-state index < -0.39 is 11.8 Å². The van der Waals surface area contributed by atoms with Gasteiger partial charge in [-0.05, 0) is 19.3 Å². The molecule has 6 nitrogen and oxygen atoms in total. The van der Waals surface area contributed by atoms with Crippen molar-refractivity contribution in [2.45, 2.75) is 44.7 Å². The fourth-order valence-corrected chi connectivity index (χ4v) is 3.19. The number of aromatic nitrogens is 2. The minimum atomic E-state index is -0.541. The Hall–Kier alpha value is -2.63. The Labute approximate surface area is 147 Å². The van der Waals surface area contributed by atoms with E-state index in [2.05, 4.69) is 20.2 Å². The second-order valence-electron chi connectivity index (χ2n) is 6.37. The maximum Gasteiger partial charge on any atom is 0.309 e. The predicted molar refractivity (Wildman–Crippen MR) is 95.7 cm³/mol. The largest absolute Gasteiger partial charge is 0.348 e. The number of nitrogens with one attached hydrogen (secondary N) is 2. The maximum atomic E-state index is 11.8. The van der Waals surface area contributed by atoms with E-state index in [-0.39, 0.29) is 6.04 Å². The smallest absolute Gasteiger partial charge is 0.309 e. The molecular formula is C19H24N4O2. The van der Waals surface area contributed by atoms with Gasteiger partial charge >= 0.3 is 11.8 Å². The van der Waals surface area contributed by atoms with Crippen LogP contribution in [0.4, 0.5) is 0 Å². The third-order valence-electron chi connectivity index (χ3n) is 4.51. The lowest BCUT2D eigenvalue weighted by Gasteiger charge is -2.12. The van der Waals surface area contributed by atoms with Crippen LogP contribution in [0, 0.1) is 0 Å². The minimum absolute atomic E-state index is 0.164. The molecule has 132 valence electrons. The fourth-order valence-electron chi connectivity index (χ4n) is 3.19. The first-order valence-corrected chi connectivity index (χ1v) is 8.89. The molecule has 0 atom stereocenters. The zero-order valence-corrected chi connectivity index (χ0v) is 14.3. The Balaban J connectivity index is 1.42. The standard InChI is InChI=1S/C19H24N4O2/c24-18(19(25)22-16-9-4-5-10-16)21-11-6-13-23-14-12-20-17(23)15-7-2-1-3-8-15/h1-3,7-8,12,14,16H,4-6,9-11,13H2,(H,21,24)(H,22,25). The van der Waals surface area contributed by atoms with E-state index in [1.807, 2.05) is 36.5 Å². The maximum absolute atomic E-state index is 11.8. The molecule has 0 radical (unpaired) electrons. The van der Waals surface area contributed by atoms with Crippen LogP contribution in [-0.4, -0.2) is 34.0 Å². The van der Waals surface area contributed by atoms with Crippen LogP contribution in [0.1, 0.15) is 32.1 Å². The van der Waals surface area contributed by atoms with Crippen molar-refractivity contribution in [2.75, 3.05) is 6.54 Å². The van der Waals surface area contributed by atoms with Crippen LogP contribution in [0.25, 0.3) is 11.4 Å². The summed E-state index contributed by atoms with van der Waals surface area (Å²) in [7, 11) is 0. The molecule has 6 heteroatoms. The van der Waals surface area contributed by atoms with Gasteiger partial charge in [-0.1, -0.05) is 43.2 Å². The first kappa shape index (κ1) is 17.2. The molecule has 0 unspecified atom stereocenters. The van der Waals surface area contributed by atoms with Gasteiger partial charge in [0, 0.05) is 37.1 Å². The molecule has 0 aliphatic heterocycles. The summed E-state index contributed by atoms with van der Waals surface area (Å²) >= 11 is 0. The Morgan fingerprint density at radius 2 is 1.88 bits per heavy atom. The van der Waals surface area contributed by atoms with E-state index in [1.165, 1.54) is 0 Å². The van der Waals surface area contributed by atoms with Crippen molar-refractivity contribution in [3.8, 4) is 11.4 Å². The molecule has 0 saturated heterocycles. The molecule has 1 aliphatic carbocycles. The summed E-state index contributed by atoms with van der Waals surface area (Å²) in [4.78, 5) is 28.1. The minimum Gasteiger partial charge on any atom is -0.348 e. The van der Waals surface area contributed by atoms with Crippen LogP contribution in [0.3, 0.4) is 0 Å². The van der Waals surface area contributed by atoms with Crippen molar-refractivity contribution >= 4 is 11.8 Å². The Kier molecular flexibility index (Phi) is 5.82. The first-order chi connectivity index (χ1) is 12.2. The predicted octanol–water partition coefficient (Wildman–Crippen LogP) is 2.12. The summed E-state index contributed by atoms with van der Waals surface area (Å²) in [6.45, 7) is 1.19. The molecule has 2 aromatic rings. The molecule has 2 N–H and O–H groups in total. The van der Waals surface area contributed by atoms with Gasteiger partial charge in [0.1, 0.15) is 5.82 Å². The van der Waals surface area contributed by atoms with E-state index in [9.17, 15) is 9.59 Å². The van der Waals surface area contributed by atoms with Crippen molar-refractivity contribution in [2.24, 2.45) is 0 Å². The molecular weight excluding hydrogens is 316 g/mol. The van der Waals surface area contributed by atoms with Gasteiger partial charge < -0.3 is 15.2 Å². The van der Waals surface area contributed by atoms with E-state index in [0.29, 0.717) is 6.54 Å². The quantitative estimate of drug-likeness (QED) is 0.625. The molecule has 1 aromatic carbocycles. The molecule has 25 heavy (non-hydrogen) atoms. The fraction of sp³-hybridized carbons (Fsp3) is 0.421. The van der Waals surface area contributed by atoms with Gasteiger partial charge in [0.2, 0.25) is 0 Å². The number of rotatable bonds is 6. The van der Waals surface area contributed by atoms with Crippen LogP contribution in [0.15, 0.2) is 42.7 Å². The molecule has 3 rings (SSSR count). The summed E-state index contributed by atoms with van der Waals surface area (Å²) in [6.07, 6.45) is 8.64. The van der Waals surface area contributed by atoms with Crippen LogP contribution < -0.4 is 10.6 Å². The van der Waals surface area contributed by atoms with Gasteiger partial charge in [-0.2, -0.15) is 0 Å². The van der Waals surface area contributed by atoms with Gasteiger partial charge in [-0.3, -0.25) is 9.59 Å².